The minimum atomic E-state index is 0.719. The quantitative estimate of drug-likeness (QED) is 0.878. The van der Waals surface area contributed by atoms with Crippen molar-refractivity contribution in [1.82, 2.24) is 5.32 Å². The number of nitrogens with one attached hydrogen (secondary N) is 1. The summed E-state index contributed by atoms with van der Waals surface area (Å²) in [6, 6.07) is 4.77. The van der Waals surface area contributed by atoms with Crippen molar-refractivity contribution in [2.75, 3.05) is 13.7 Å². The number of rotatable bonds is 5. The van der Waals surface area contributed by atoms with Gasteiger partial charge >= 0.3 is 0 Å². The first-order valence-electron chi connectivity index (χ1n) is 6.77. The smallest absolute Gasteiger partial charge is 0.122 e. The second kappa shape index (κ2) is 6.44. The Morgan fingerprint density at radius 1 is 1.33 bits per heavy atom. The van der Waals surface area contributed by atoms with E-state index in [-0.39, 0.29) is 0 Å². The van der Waals surface area contributed by atoms with E-state index in [9.17, 15) is 0 Å². The SMILES string of the molecule is COc1cc(C)c(Cl)cc1CCNC1CCCC1. The Hall–Kier alpha value is -0.730. The van der Waals surface area contributed by atoms with Gasteiger partial charge in [-0.2, -0.15) is 0 Å². The van der Waals surface area contributed by atoms with E-state index in [4.69, 9.17) is 16.3 Å². The lowest BCUT2D eigenvalue weighted by Crippen LogP contribution is -2.28. The van der Waals surface area contributed by atoms with Gasteiger partial charge in [-0.1, -0.05) is 24.4 Å². The molecule has 0 radical (unpaired) electrons. The molecule has 0 spiro atoms. The topological polar surface area (TPSA) is 21.3 Å². The molecular weight excluding hydrogens is 246 g/mol. The Labute approximate surface area is 115 Å². The number of benzene rings is 1. The highest BCUT2D eigenvalue weighted by atomic mass is 35.5. The summed E-state index contributed by atoms with van der Waals surface area (Å²) >= 11 is 6.17. The largest absolute Gasteiger partial charge is 0.496 e. The van der Waals surface area contributed by atoms with Crippen LogP contribution in [0.4, 0.5) is 0 Å². The Kier molecular flexibility index (Phi) is 4.90. The van der Waals surface area contributed by atoms with Crippen LogP contribution in [0.3, 0.4) is 0 Å². The lowest BCUT2D eigenvalue weighted by molar-refractivity contribution is 0.408. The van der Waals surface area contributed by atoms with Crippen LogP contribution < -0.4 is 10.1 Å². The van der Waals surface area contributed by atoms with Crippen molar-refractivity contribution in [2.24, 2.45) is 0 Å². The fourth-order valence-corrected chi connectivity index (χ4v) is 2.81. The first-order chi connectivity index (χ1) is 8.70. The molecule has 3 heteroatoms. The number of hydrogen-bond donors (Lipinski definition) is 1. The summed E-state index contributed by atoms with van der Waals surface area (Å²) in [6.45, 7) is 3.01. The zero-order chi connectivity index (χ0) is 13.0. The van der Waals surface area contributed by atoms with Crippen LogP contribution in [0.1, 0.15) is 36.8 Å². The highest BCUT2D eigenvalue weighted by Crippen LogP contribution is 2.27. The number of ether oxygens (including phenoxy) is 1. The molecule has 1 N–H and O–H groups in total. The van der Waals surface area contributed by atoms with Crippen molar-refractivity contribution < 1.29 is 4.74 Å². The van der Waals surface area contributed by atoms with E-state index in [0.717, 1.165) is 35.3 Å². The summed E-state index contributed by atoms with van der Waals surface area (Å²) in [5.41, 5.74) is 2.26. The number of methoxy groups -OCH3 is 1. The summed E-state index contributed by atoms with van der Waals surface area (Å²) in [4.78, 5) is 0. The molecule has 2 rings (SSSR count). The highest BCUT2D eigenvalue weighted by Gasteiger charge is 2.14. The standard InChI is InChI=1S/C15H22ClNO/c1-11-9-15(18-2)12(10-14(11)16)7-8-17-13-5-3-4-6-13/h9-10,13,17H,3-8H2,1-2H3. The van der Waals surface area contributed by atoms with Gasteiger partial charge in [0.2, 0.25) is 0 Å². The van der Waals surface area contributed by atoms with Gasteiger partial charge in [0.05, 0.1) is 7.11 Å². The molecule has 0 heterocycles. The van der Waals surface area contributed by atoms with Gasteiger partial charge in [0.15, 0.2) is 0 Å². The second-order valence-corrected chi connectivity index (χ2v) is 5.51. The summed E-state index contributed by atoms with van der Waals surface area (Å²) in [5.74, 6) is 0.949. The summed E-state index contributed by atoms with van der Waals surface area (Å²) in [5, 5.41) is 4.44. The minimum Gasteiger partial charge on any atom is -0.496 e. The predicted octanol–water partition coefficient (Wildman–Crippen LogP) is 3.73. The predicted molar refractivity (Wildman–Crippen MR) is 76.7 cm³/mol. The van der Waals surface area contributed by atoms with E-state index in [1.807, 2.05) is 19.1 Å². The normalized spacial score (nSPS) is 16.2. The van der Waals surface area contributed by atoms with Crippen molar-refractivity contribution >= 4 is 11.6 Å². The molecule has 1 aromatic carbocycles. The van der Waals surface area contributed by atoms with E-state index in [1.54, 1.807) is 7.11 Å². The van der Waals surface area contributed by atoms with Crippen LogP contribution in [0.5, 0.6) is 5.75 Å². The van der Waals surface area contributed by atoms with Crippen LogP contribution in [0.15, 0.2) is 12.1 Å². The number of halogens is 1. The van der Waals surface area contributed by atoms with Crippen LogP contribution in [-0.2, 0) is 6.42 Å². The van der Waals surface area contributed by atoms with Crippen LogP contribution in [0.25, 0.3) is 0 Å². The highest BCUT2D eigenvalue weighted by molar-refractivity contribution is 6.31. The maximum absolute atomic E-state index is 6.17. The van der Waals surface area contributed by atoms with Crippen LogP contribution >= 0.6 is 11.6 Å². The summed E-state index contributed by atoms with van der Waals surface area (Å²) in [6.07, 6.45) is 6.37. The number of hydrogen-bond acceptors (Lipinski definition) is 2. The molecule has 1 aliphatic carbocycles. The molecule has 2 nitrogen and oxygen atoms in total. The van der Waals surface area contributed by atoms with E-state index in [0.29, 0.717) is 0 Å². The van der Waals surface area contributed by atoms with Gasteiger partial charge < -0.3 is 10.1 Å². The zero-order valence-electron chi connectivity index (χ0n) is 11.3. The molecule has 1 saturated carbocycles. The van der Waals surface area contributed by atoms with Gasteiger partial charge in [-0.15, -0.1) is 0 Å². The van der Waals surface area contributed by atoms with E-state index in [1.165, 1.54) is 31.2 Å². The summed E-state index contributed by atoms with van der Waals surface area (Å²) in [7, 11) is 1.72. The van der Waals surface area contributed by atoms with Crippen molar-refractivity contribution in [3.63, 3.8) is 0 Å². The maximum Gasteiger partial charge on any atom is 0.122 e. The fourth-order valence-electron chi connectivity index (χ4n) is 2.62. The van der Waals surface area contributed by atoms with Crippen LogP contribution in [0.2, 0.25) is 5.02 Å². The Balaban J connectivity index is 1.93. The van der Waals surface area contributed by atoms with Gasteiger partial charge in [-0.25, -0.2) is 0 Å². The average Bonchev–Trinajstić information content (AvgIpc) is 2.86. The van der Waals surface area contributed by atoms with Gasteiger partial charge in [0.1, 0.15) is 5.75 Å². The zero-order valence-corrected chi connectivity index (χ0v) is 12.0. The monoisotopic (exact) mass is 267 g/mol. The first kappa shape index (κ1) is 13.7. The summed E-state index contributed by atoms with van der Waals surface area (Å²) < 4.78 is 5.42. The maximum atomic E-state index is 6.17. The lowest BCUT2D eigenvalue weighted by Gasteiger charge is -2.14. The second-order valence-electron chi connectivity index (χ2n) is 5.10. The Morgan fingerprint density at radius 2 is 2.06 bits per heavy atom. The van der Waals surface area contributed by atoms with E-state index >= 15 is 0 Å². The van der Waals surface area contributed by atoms with Gasteiger partial charge in [0, 0.05) is 11.1 Å². The van der Waals surface area contributed by atoms with E-state index < -0.39 is 0 Å². The third kappa shape index (κ3) is 3.39. The van der Waals surface area contributed by atoms with Gasteiger partial charge in [-0.05, 0) is 56.0 Å². The van der Waals surface area contributed by atoms with Crippen molar-refractivity contribution in [3.8, 4) is 5.75 Å². The third-order valence-corrected chi connectivity index (χ3v) is 4.15. The van der Waals surface area contributed by atoms with Crippen molar-refractivity contribution in [3.05, 3.63) is 28.3 Å². The molecule has 1 fully saturated rings. The van der Waals surface area contributed by atoms with Crippen molar-refractivity contribution in [1.29, 1.82) is 0 Å². The van der Waals surface area contributed by atoms with E-state index in [2.05, 4.69) is 5.32 Å². The van der Waals surface area contributed by atoms with Crippen molar-refractivity contribution in [2.45, 2.75) is 45.1 Å². The molecule has 0 unspecified atom stereocenters. The van der Waals surface area contributed by atoms with Gasteiger partial charge in [-0.3, -0.25) is 0 Å². The Bertz CT molecular complexity index is 400. The number of aryl methyl sites for hydroxylation is 1. The molecule has 0 amide bonds. The molecule has 0 bridgehead atoms. The van der Waals surface area contributed by atoms with Crippen LogP contribution in [0, 0.1) is 6.92 Å². The van der Waals surface area contributed by atoms with Crippen LogP contribution in [-0.4, -0.2) is 19.7 Å². The fraction of sp³-hybridized carbons (Fsp3) is 0.600. The minimum absolute atomic E-state index is 0.719. The molecular formula is C15H22ClNO. The lowest BCUT2D eigenvalue weighted by atomic mass is 10.1. The Morgan fingerprint density at radius 3 is 2.72 bits per heavy atom. The third-order valence-electron chi connectivity index (χ3n) is 3.74. The molecule has 100 valence electrons. The van der Waals surface area contributed by atoms with Gasteiger partial charge in [0.25, 0.3) is 0 Å². The average molecular weight is 268 g/mol. The molecule has 1 aromatic rings. The molecule has 0 atom stereocenters. The first-order valence-corrected chi connectivity index (χ1v) is 7.15. The molecule has 18 heavy (non-hydrogen) atoms. The molecule has 1 aliphatic rings. The molecule has 0 aromatic heterocycles. The molecule has 0 saturated heterocycles. The molecule has 0 aliphatic heterocycles.